The third-order valence-electron chi connectivity index (χ3n) is 17.3. The Bertz CT molecular complexity index is 2670. The number of hydrogen-bond acceptors (Lipinski definition) is 8. The average molecular weight is 1020 g/mol. The normalized spacial score (nSPS) is 21.3. The van der Waals surface area contributed by atoms with E-state index in [2.05, 4.69) is 86.0 Å². The molecule has 2 unspecified atom stereocenters. The van der Waals surface area contributed by atoms with E-state index in [0.29, 0.717) is 78.0 Å². The van der Waals surface area contributed by atoms with Crippen LogP contribution < -0.4 is 0 Å². The summed E-state index contributed by atoms with van der Waals surface area (Å²) in [6, 6.07) is 60.8. The second-order valence-electron chi connectivity index (χ2n) is 22.1. The number of hydrogen-bond donors (Lipinski definition) is 0. The Morgan fingerprint density at radius 1 is 0.434 bits per heavy atom. The van der Waals surface area contributed by atoms with Crippen molar-refractivity contribution in [3.8, 4) is 0 Å². The largest absolute Gasteiger partial charge is 0.451 e. The number of carbonyl (C=O) groups is 4. The van der Waals surface area contributed by atoms with Crippen molar-refractivity contribution in [3.63, 3.8) is 0 Å². The van der Waals surface area contributed by atoms with Gasteiger partial charge in [0.2, 0.25) is 11.8 Å². The number of likely N-dealkylation sites (tertiary alicyclic amines) is 4. The average Bonchev–Trinajstić information content (AvgIpc) is 3.97. The van der Waals surface area contributed by atoms with Crippen molar-refractivity contribution in [2.75, 3.05) is 52.4 Å². The van der Waals surface area contributed by atoms with Crippen molar-refractivity contribution in [1.82, 2.24) is 19.6 Å². The molecule has 4 heterocycles. The van der Waals surface area contributed by atoms with E-state index in [9.17, 15) is 19.2 Å². The van der Waals surface area contributed by atoms with Gasteiger partial charge in [0, 0.05) is 114 Å². The number of rotatable bonds is 16. The Morgan fingerprint density at radius 2 is 0.684 bits per heavy atom. The van der Waals surface area contributed by atoms with Crippen LogP contribution in [0.3, 0.4) is 0 Å². The molecule has 4 aliphatic rings. The molecule has 4 saturated heterocycles. The van der Waals surface area contributed by atoms with Gasteiger partial charge in [0.15, 0.2) is 0 Å². The maximum atomic E-state index is 14.8. The molecule has 76 heavy (non-hydrogen) atoms. The van der Waals surface area contributed by atoms with Gasteiger partial charge in [-0.25, -0.2) is 9.59 Å². The first-order chi connectivity index (χ1) is 36.9. The van der Waals surface area contributed by atoms with Crippen LogP contribution in [0.1, 0.15) is 86.8 Å². The number of nitrogens with zero attached hydrogens (tertiary/aromatic N) is 4. The van der Waals surface area contributed by atoms with E-state index in [4.69, 9.17) is 9.47 Å². The molecule has 4 fully saturated rings. The zero-order valence-corrected chi connectivity index (χ0v) is 44.5. The van der Waals surface area contributed by atoms with Crippen LogP contribution in [0.25, 0.3) is 0 Å². The van der Waals surface area contributed by atoms with Gasteiger partial charge in [-0.1, -0.05) is 182 Å². The van der Waals surface area contributed by atoms with E-state index >= 15 is 0 Å². The summed E-state index contributed by atoms with van der Waals surface area (Å²) in [4.78, 5) is 66.8. The van der Waals surface area contributed by atoms with Crippen molar-refractivity contribution in [3.05, 3.63) is 228 Å². The summed E-state index contributed by atoms with van der Waals surface area (Å²) in [5.41, 5.74) is 2.24. The summed E-state index contributed by atoms with van der Waals surface area (Å²) >= 11 is 0. The standard InChI is InChI=1S/C66H72N4O6/c1-49(2)69-47-57(65(61(69)73,53-27-15-7-16-28-53)54-29-17-8-18-30-54)45-67-41-37-63(38-42-67,51-23-11-5-12-24-51)75-59(71)35-36-60(72)76-64(52-25-13-6-14-26-52)39-43-68(44-40-64)46-58-48-70(50(3)4)62(74)66(58,55-31-19-9-20-32-55)56-33-21-10-22-34-56/h5-36,49-50,57-58H,37-48H2,1-4H3/b36-35-. The number of ether oxygens (including phenoxy) is 2. The lowest BCUT2D eigenvalue weighted by Gasteiger charge is -2.43. The fourth-order valence-electron chi connectivity index (χ4n) is 13.4. The molecular weight excluding hydrogens is 945 g/mol. The van der Waals surface area contributed by atoms with Crippen LogP contribution >= 0.6 is 0 Å². The van der Waals surface area contributed by atoms with Crippen LogP contribution in [0.5, 0.6) is 0 Å². The Kier molecular flexibility index (Phi) is 15.3. The molecule has 0 N–H and O–H groups in total. The maximum absolute atomic E-state index is 14.8. The van der Waals surface area contributed by atoms with Crippen LogP contribution in [0.15, 0.2) is 194 Å². The summed E-state index contributed by atoms with van der Waals surface area (Å²) in [6.45, 7) is 13.6. The van der Waals surface area contributed by atoms with Crippen LogP contribution in [0.4, 0.5) is 0 Å². The summed E-state index contributed by atoms with van der Waals surface area (Å²) in [7, 11) is 0. The zero-order chi connectivity index (χ0) is 52.9. The SMILES string of the molecule is CC(C)N1CC(CN2CCC(OC(=O)/C=C\C(=O)OC3(c4ccccc4)CCN(CC4CN(C(C)C)C(=O)C4(c4ccccc4)c4ccccc4)CC3)(c3ccccc3)CC2)C(c2ccccc2)(c2ccccc2)C1=O. The smallest absolute Gasteiger partial charge is 0.331 e. The summed E-state index contributed by atoms with van der Waals surface area (Å²) in [5.74, 6) is -1.03. The lowest BCUT2D eigenvalue weighted by atomic mass is 9.67. The zero-order valence-electron chi connectivity index (χ0n) is 44.5. The van der Waals surface area contributed by atoms with Gasteiger partial charge in [-0.15, -0.1) is 0 Å². The first kappa shape index (κ1) is 52.3. The second-order valence-corrected chi connectivity index (χ2v) is 22.1. The lowest BCUT2D eigenvalue weighted by molar-refractivity contribution is -0.163. The number of carbonyl (C=O) groups excluding carboxylic acids is 4. The van der Waals surface area contributed by atoms with Crippen molar-refractivity contribution < 1.29 is 28.7 Å². The van der Waals surface area contributed by atoms with Gasteiger partial charge in [0.25, 0.3) is 0 Å². The van der Waals surface area contributed by atoms with Crippen molar-refractivity contribution in [2.45, 2.75) is 87.5 Å². The highest BCUT2D eigenvalue weighted by Gasteiger charge is 2.59. The molecule has 0 spiro atoms. The minimum absolute atomic E-state index is 0.0354. The number of esters is 2. The Labute approximate surface area is 449 Å². The summed E-state index contributed by atoms with van der Waals surface area (Å²) < 4.78 is 13.0. The third-order valence-corrected chi connectivity index (χ3v) is 17.3. The molecule has 0 aromatic heterocycles. The highest BCUT2D eigenvalue weighted by atomic mass is 16.6. The van der Waals surface area contributed by atoms with Gasteiger partial charge in [-0.05, 0) is 61.1 Å². The Hall–Kier alpha value is -7.14. The van der Waals surface area contributed by atoms with Crippen LogP contribution in [-0.4, -0.2) is 108 Å². The van der Waals surface area contributed by atoms with Crippen LogP contribution in [0.2, 0.25) is 0 Å². The highest BCUT2D eigenvalue weighted by molar-refractivity contribution is 5.96. The molecular formula is C66H72N4O6. The molecule has 4 aliphatic heterocycles. The third kappa shape index (κ3) is 9.82. The Morgan fingerprint density at radius 3 is 0.934 bits per heavy atom. The summed E-state index contributed by atoms with van der Waals surface area (Å²) in [5, 5.41) is 0. The van der Waals surface area contributed by atoms with Gasteiger partial charge >= 0.3 is 11.9 Å². The van der Waals surface area contributed by atoms with E-state index in [0.717, 1.165) is 33.4 Å². The van der Waals surface area contributed by atoms with Crippen LogP contribution in [0, 0.1) is 11.8 Å². The highest BCUT2D eigenvalue weighted by Crippen LogP contribution is 2.50. The molecule has 0 bridgehead atoms. The van der Waals surface area contributed by atoms with Crippen molar-refractivity contribution in [1.29, 1.82) is 0 Å². The topological polar surface area (TPSA) is 99.7 Å². The van der Waals surface area contributed by atoms with Gasteiger partial charge in [-0.2, -0.15) is 0 Å². The molecule has 0 saturated carbocycles. The molecule has 2 amide bonds. The predicted octanol–water partition coefficient (Wildman–Crippen LogP) is 10.3. The Balaban J connectivity index is 0.839. The van der Waals surface area contributed by atoms with Gasteiger partial charge < -0.3 is 29.1 Å². The van der Waals surface area contributed by atoms with E-state index in [1.165, 1.54) is 12.2 Å². The first-order valence-corrected chi connectivity index (χ1v) is 27.4. The predicted molar refractivity (Wildman–Crippen MR) is 297 cm³/mol. The molecule has 6 aromatic carbocycles. The molecule has 10 heteroatoms. The molecule has 2 atom stereocenters. The van der Waals surface area contributed by atoms with Crippen LogP contribution in [-0.2, 0) is 50.7 Å². The molecule has 10 rings (SSSR count). The van der Waals surface area contributed by atoms with E-state index in [1.807, 2.05) is 143 Å². The fraction of sp³-hybridized carbons (Fsp3) is 0.364. The number of amides is 2. The molecule has 392 valence electrons. The molecule has 0 aliphatic carbocycles. The van der Waals surface area contributed by atoms with Crippen molar-refractivity contribution in [2.24, 2.45) is 11.8 Å². The van der Waals surface area contributed by atoms with E-state index < -0.39 is 34.0 Å². The van der Waals surface area contributed by atoms with E-state index in [1.54, 1.807) is 0 Å². The number of benzene rings is 6. The quantitative estimate of drug-likeness (QED) is 0.0698. The fourth-order valence-corrected chi connectivity index (χ4v) is 13.4. The number of piperidine rings is 2. The molecule has 6 aromatic rings. The minimum Gasteiger partial charge on any atom is -0.451 e. The first-order valence-electron chi connectivity index (χ1n) is 27.4. The monoisotopic (exact) mass is 1020 g/mol. The van der Waals surface area contributed by atoms with Crippen molar-refractivity contribution >= 4 is 23.8 Å². The van der Waals surface area contributed by atoms with E-state index in [-0.39, 0.29) is 35.7 Å². The minimum atomic E-state index is -0.929. The van der Waals surface area contributed by atoms with Gasteiger partial charge in [0.1, 0.15) is 22.0 Å². The lowest BCUT2D eigenvalue weighted by Crippen LogP contribution is -2.50. The second kappa shape index (κ2) is 22.2. The molecule has 10 nitrogen and oxygen atoms in total. The van der Waals surface area contributed by atoms with Gasteiger partial charge in [-0.3, -0.25) is 9.59 Å². The van der Waals surface area contributed by atoms with Gasteiger partial charge in [0.05, 0.1) is 0 Å². The summed E-state index contributed by atoms with van der Waals surface area (Å²) in [6.07, 6.45) is 4.58. The molecule has 0 radical (unpaired) electrons. The maximum Gasteiger partial charge on any atom is 0.331 e.